The standard InChI is InChI=1S/C20H28Cl2O2/c1-17-8-6-13(23)10-12(17)4-5-15-14-7-9-19(3,24)18(14,2)11-16(21)20(15,17)22/h10,14-16,24H,4-9,11H2,1-3H3/t14-,15-,16-,17-,18-,19+,20-/m0/s1. The second kappa shape index (κ2) is 5.02. The van der Waals surface area contributed by atoms with Crippen molar-refractivity contribution in [3.63, 3.8) is 0 Å². The van der Waals surface area contributed by atoms with Crippen molar-refractivity contribution in [1.29, 1.82) is 0 Å². The summed E-state index contributed by atoms with van der Waals surface area (Å²) < 4.78 is 0. The Morgan fingerprint density at radius 1 is 1.12 bits per heavy atom. The Hall–Kier alpha value is -0.0500. The Kier molecular flexibility index (Phi) is 3.63. The molecule has 0 spiro atoms. The fourth-order valence-corrected chi connectivity index (χ4v) is 8.00. The van der Waals surface area contributed by atoms with E-state index in [1.54, 1.807) is 0 Å². The number of rotatable bonds is 0. The average molecular weight is 371 g/mol. The first-order valence-electron chi connectivity index (χ1n) is 9.35. The van der Waals surface area contributed by atoms with Gasteiger partial charge in [-0.05, 0) is 63.4 Å². The van der Waals surface area contributed by atoms with E-state index in [2.05, 4.69) is 13.8 Å². The molecule has 0 aromatic rings. The monoisotopic (exact) mass is 370 g/mol. The van der Waals surface area contributed by atoms with E-state index in [9.17, 15) is 9.90 Å². The number of halogens is 2. The number of allylic oxidation sites excluding steroid dienone is 1. The number of hydrogen-bond acceptors (Lipinski definition) is 2. The van der Waals surface area contributed by atoms with Crippen molar-refractivity contribution in [2.24, 2.45) is 22.7 Å². The molecular weight excluding hydrogens is 343 g/mol. The zero-order chi connectivity index (χ0) is 17.5. The molecule has 0 bridgehead atoms. The quantitative estimate of drug-likeness (QED) is 0.618. The molecule has 7 atom stereocenters. The third-order valence-electron chi connectivity index (χ3n) is 8.56. The molecule has 0 radical (unpaired) electrons. The summed E-state index contributed by atoms with van der Waals surface area (Å²) in [6, 6.07) is 0. The zero-order valence-electron chi connectivity index (χ0n) is 14.9. The lowest BCUT2D eigenvalue weighted by molar-refractivity contribution is -0.119. The maximum absolute atomic E-state index is 11.9. The molecule has 0 saturated heterocycles. The highest BCUT2D eigenvalue weighted by Crippen LogP contribution is 2.71. The van der Waals surface area contributed by atoms with Gasteiger partial charge in [-0.25, -0.2) is 0 Å². The second-order valence-electron chi connectivity index (χ2n) is 9.39. The average Bonchev–Trinajstić information content (AvgIpc) is 2.72. The molecule has 4 aliphatic carbocycles. The fraction of sp³-hybridized carbons (Fsp3) is 0.850. The molecule has 0 aromatic heterocycles. The Balaban J connectivity index is 1.82. The van der Waals surface area contributed by atoms with Gasteiger partial charge in [-0.3, -0.25) is 4.79 Å². The minimum Gasteiger partial charge on any atom is -0.390 e. The van der Waals surface area contributed by atoms with Crippen LogP contribution in [0.25, 0.3) is 0 Å². The maximum atomic E-state index is 11.9. The van der Waals surface area contributed by atoms with Gasteiger partial charge in [-0.2, -0.15) is 0 Å². The van der Waals surface area contributed by atoms with Crippen molar-refractivity contribution in [2.75, 3.05) is 0 Å². The molecule has 0 aromatic carbocycles. The van der Waals surface area contributed by atoms with Gasteiger partial charge in [0.05, 0.1) is 15.9 Å². The Morgan fingerprint density at radius 3 is 2.54 bits per heavy atom. The van der Waals surface area contributed by atoms with Crippen molar-refractivity contribution in [3.8, 4) is 0 Å². The number of fused-ring (bicyclic) bond motifs is 5. The number of ketones is 1. The van der Waals surface area contributed by atoms with E-state index in [4.69, 9.17) is 23.2 Å². The second-order valence-corrected chi connectivity index (χ2v) is 10.5. The van der Waals surface area contributed by atoms with Gasteiger partial charge in [0.25, 0.3) is 0 Å². The van der Waals surface area contributed by atoms with Crippen LogP contribution in [0.15, 0.2) is 11.6 Å². The summed E-state index contributed by atoms with van der Waals surface area (Å²) >= 11 is 14.5. The van der Waals surface area contributed by atoms with Crippen LogP contribution < -0.4 is 0 Å². The molecule has 2 nitrogen and oxygen atoms in total. The molecule has 3 fully saturated rings. The van der Waals surface area contributed by atoms with Crippen LogP contribution >= 0.6 is 23.2 Å². The van der Waals surface area contributed by atoms with E-state index in [0.717, 1.165) is 38.5 Å². The lowest BCUT2D eigenvalue weighted by atomic mass is 9.46. The number of aliphatic hydroxyl groups is 1. The summed E-state index contributed by atoms with van der Waals surface area (Å²) in [6.45, 7) is 6.43. The predicted molar refractivity (Wildman–Crippen MR) is 97.5 cm³/mol. The van der Waals surface area contributed by atoms with E-state index >= 15 is 0 Å². The summed E-state index contributed by atoms with van der Waals surface area (Å²) in [5.41, 5.74) is 0.185. The molecular formula is C20H28Cl2O2. The van der Waals surface area contributed by atoms with Crippen LogP contribution in [0.1, 0.15) is 65.7 Å². The summed E-state index contributed by atoms with van der Waals surface area (Å²) in [5, 5.41) is 10.8. The molecule has 134 valence electrons. The predicted octanol–water partition coefficient (Wildman–Crippen LogP) is 4.85. The smallest absolute Gasteiger partial charge is 0.155 e. The van der Waals surface area contributed by atoms with Crippen LogP contribution in [0.2, 0.25) is 0 Å². The topological polar surface area (TPSA) is 37.3 Å². The van der Waals surface area contributed by atoms with Crippen LogP contribution in [-0.2, 0) is 4.79 Å². The van der Waals surface area contributed by atoms with Crippen molar-refractivity contribution < 1.29 is 9.90 Å². The van der Waals surface area contributed by atoms with E-state index in [0.29, 0.717) is 18.3 Å². The van der Waals surface area contributed by atoms with E-state index in [1.807, 2.05) is 13.0 Å². The number of alkyl halides is 2. The van der Waals surface area contributed by atoms with Crippen molar-refractivity contribution in [1.82, 2.24) is 0 Å². The Labute approximate surface area is 155 Å². The summed E-state index contributed by atoms with van der Waals surface area (Å²) in [4.78, 5) is 11.4. The highest BCUT2D eigenvalue weighted by molar-refractivity contribution is 6.33. The third kappa shape index (κ3) is 1.86. The van der Waals surface area contributed by atoms with Crippen molar-refractivity contribution in [2.45, 2.75) is 81.6 Å². The maximum Gasteiger partial charge on any atom is 0.155 e. The first-order valence-corrected chi connectivity index (χ1v) is 10.2. The molecule has 3 saturated carbocycles. The van der Waals surface area contributed by atoms with E-state index < -0.39 is 10.5 Å². The summed E-state index contributed by atoms with van der Waals surface area (Å²) in [6.07, 6.45) is 7.77. The molecule has 1 N–H and O–H groups in total. The van der Waals surface area contributed by atoms with Gasteiger partial charge in [0.2, 0.25) is 0 Å². The summed E-state index contributed by atoms with van der Waals surface area (Å²) in [5.74, 6) is 0.956. The molecule has 4 heteroatoms. The van der Waals surface area contributed by atoms with Gasteiger partial charge in [0, 0.05) is 17.3 Å². The number of hydrogen-bond donors (Lipinski definition) is 1. The first kappa shape index (κ1) is 17.4. The molecule has 0 amide bonds. The third-order valence-corrected chi connectivity index (χ3v) is 10.1. The largest absolute Gasteiger partial charge is 0.390 e. The fourth-order valence-electron chi connectivity index (χ4n) is 6.72. The van der Waals surface area contributed by atoms with Gasteiger partial charge >= 0.3 is 0 Å². The van der Waals surface area contributed by atoms with Crippen molar-refractivity contribution in [3.05, 3.63) is 11.6 Å². The van der Waals surface area contributed by atoms with Gasteiger partial charge in [0.15, 0.2) is 5.78 Å². The Bertz CT molecular complexity index is 627. The first-order chi connectivity index (χ1) is 11.1. The van der Waals surface area contributed by atoms with Gasteiger partial charge in [-0.1, -0.05) is 19.4 Å². The van der Waals surface area contributed by atoms with Gasteiger partial charge in [0.1, 0.15) is 0 Å². The summed E-state index contributed by atoms with van der Waals surface area (Å²) in [7, 11) is 0. The van der Waals surface area contributed by atoms with Crippen molar-refractivity contribution >= 4 is 29.0 Å². The van der Waals surface area contributed by atoms with Crippen LogP contribution in [0, 0.1) is 22.7 Å². The van der Waals surface area contributed by atoms with E-state index in [1.165, 1.54) is 5.57 Å². The highest BCUT2D eigenvalue weighted by atomic mass is 35.5. The lowest BCUT2D eigenvalue weighted by Gasteiger charge is -2.64. The minimum atomic E-state index is -0.664. The molecule has 24 heavy (non-hydrogen) atoms. The molecule has 4 aliphatic rings. The molecule has 0 heterocycles. The number of carbonyl (C=O) groups is 1. The molecule has 0 unspecified atom stereocenters. The van der Waals surface area contributed by atoms with Crippen LogP contribution in [0.3, 0.4) is 0 Å². The minimum absolute atomic E-state index is 0.162. The van der Waals surface area contributed by atoms with Gasteiger partial charge in [-0.15, -0.1) is 23.2 Å². The molecule has 4 rings (SSSR count). The molecule has 0 aliphatic heterocycles. The van der Waals surface area contributed by atoms with Crippen LogP contribution in [0.5, 0.6) is 0 Å². The zero-order valence-corrected chi connectivity index (χ0v) is 16.4. The van der Waals surface area contributed by atoms with Crippen LogP contribution in [-0.4, -0.2) is 26.7 Å². The van der Waals surface area contributed by atoms with Gasteiger partial charge < -0.3 is 5.11 Å². The Morgan fingerprint density at radius 2 is 1.83 bits per heavy atom. The SMILES string of the molecule is C[C@]12CCC(=O)C=C1CC[C@H]1[C@@H]3CC[C@@](C)(O)[C@@]3(C)C[C@H](Cl)[C@@]12Cl. The highest BCUT2D eigenvalue weighted by Gasteiger charge is 2.70. The number of carbonyl (C=O) groups excluding carboxylic acids is 1. The lowest BCUT2D eigenvalue weighted by Crippen LogP contribution is -2.66. The normalized spacial score (nSPS) is 57.0. The van der Waals surface area contributed by atoms with E-state index in [-0.39, 0.29) is 22.0 Å². The van der Waals surface area contributed by atoms with Crippen LogP contribution in [0.4, 0.5) is 0 Å².